The molecule has 17 heavy (non-hydrogen) atoms. The van der Waals surface area contributed by atoms with Crippen molar-refractivity contribution in [2.45, 2.75) is 6.42 Å². The van der Waals surface area contributed by atoms with E-state index in [-0.39, 0.29) is 5.56 Å². The molecule has 6 heteroatoms. The first-order valence-corrected chi connectivity index (χ1v) is 6.39. The number of ether oxygens (including phenoxy) is 1. The predicted molar refractivity (Wildman–Crippen MR) is 65.8 cm³/mol. The Kier molecular flexibility index (Phi) is 6.73. The van der Waals surface area contributed by atoms with E-state index in [1.54, 1.807) is 0 Å². The molecule has 4 nitrogen and oxygen atoms in total. The quantitative estimate of drug-likeness (QED) is 0.617. The number of nitrogens with one attached hydrogen (secondary N) is 1. The van der Waals surface area contributed by atoms with Crippen molar-refractivity contribution in [2.75, 3.05) is 25.1 Å². The zero-order chi connectivity index (χ0) is 12.5. The van der Waals surface area contributed by atoms with E-state index in [1.165, 1.54) is 12.3 Å². The van der Waals surface area contributed by atoms with Gasteiger partial charge in [-0.3, -0.25) is 9.78 Å². The molecule has 94 valence electrons. The molecule has 0 radical (unpaired) electrons. The average molecular weight is 305 g/mol. The number of pyridine rings is 1. The van der Waals surface area contributed by atoms with Crippen molar-refractivity contribution in [1.29, 1.82) is 0 Å². The third-order valence-corrected chi connectivity index (χ3v) is 2.31. The Bertz CT molecular complexity index is 363. The first-order chi connectivity index (χ1) is 8.25. The van der Waals surface area contributed by atoms with Gasteiger partial charge in [-0.1, -0.05) is 15.9 Å². The Morgan fingerprint density at radius 1 is 1.53 bits per heavy atom. The van der Waals surface area contributed by atoms with Gasteiger partial charge in [-0.05, 0) is 12.5 Å². The van der Waals surface area contributed by atoms with E-state index in [0.717, 1.165) is 11.5 Å². The summed E-state index contributed by atoms with van der Waals surface area (Å²) in [5.74, 6) is -1.04. The van der Waals surface area contributed by atoms with E-state index in [0.29, 0.717) is 26.2 Å². The zero-order valence-corrected chi connectivity index (χ0v) is 10.9. The number of hydrogen-bond donors (Lipinski definition) is 1. The zero-order valence-electron chi connectivity index (χ0n) is 9.29. The molecule has 1 aromatic rings. The highest BCUT2D eigenvalue weighted by atomic mass is 79.9. The summed E-state index contributed by atoms with van der Waals surface area (Å²) in [4.78, 5) is 15.1. The molecule has 0 aliphatic heterocycles. The fourth-order valence-electron chi connectivity index (χ4n) is 1.19. The standard InChI is InChI=1S/C11H14BrFN2O2/c12-3-7-17-6-1-4-15-11(16)9-2-5-14-8-10(9)13/h2,5,8H,1,3-4,6-7H2,(H,15,16). The molecule has 0 unspecified atom stereocenters. The molecular weight excluding hydrogens is 291 g/mol. The minimum Gasteiger partial charge on any atom is -0.381 e. The van der Waals surface area contributed by atoms with Crippen LogP contribution in [0.25, 0.3) is 0 Å². The molecule has 1 aromatic heterocycles. The molecule has 0 saturated heterocycles. The van der Waals surface area contributed by atoms with Crippen LogP contribution < -0.4 is 5.32 Å². The van der Waals surface area contributed by atoms with Crippen LogP contribution in [0.3, 0.4) is 0 Å². The molecule has 0 fully saturated rings. The van der Waals surface area contributed by atoms with Crippen LogP contribution in [0.5, 0.6) is 0 Å². The molecule has 1 amide bonds. The van der Waals surface area contributed by atoms with Crippen LogP contribution in [-0.4, -0.2) is 36.0 Å². The molecule has 0 bridgehead atoms. The maximum atomic E-state index is 13.2. The van der Waals surface area contributed by atoms with Gasteiger partial charge >= 0.3 is 0 Å². The largest absolute Gasteiger partial charge is 0.381 e. The van der Waals surface area contributed by atoms with E-state index >= 15 is 0 Å². The lowest BCUT2D eigenvalue weighted by molar-refractivity contribution is 0.0940. The van der Waals surface area contributed by atoms with Crippen molar-refractivity contribution in [3.8, 4) is 0 Å². The van der Waals surface area contributed by atoms with Crippen molar-refractivity contribution in [2.24, 2.45) is 0 Å². The first-order valence-electron chi connectivity index (χ1n) is 5.27. The molecule has 1 heterocycles. The number of hydrogen-bond acceptors (Lipinski definition) is 3. The Balaban J connectivity index is 2.24. The molecule has 0 aromatic carbocycles. The van der Waals surface area contributed by atoms with Crippen LogP contribution >= 0.6 is 15.9 Å². The smallest absolute Gasteiger partial charge is 0.254 e. The lowest BCUT2D eigenvalue weighted by atomic mass is 10.2. The van der Waals surface area contributed by atoms with Gasteiger partial charge in [-0.15, -0.1) is 0 Å². The molecule has 1 N–H and O–H groups in total. The van der Waals surface area contributed by atoms with Crippen LogP contribution in [-0.2, 0) is 4.74 Å². The highest BCUT2D eigenvalue weighted by Gasteiger charge is 2.09. The van der Waals surface area contributed by atoms with Crippen LogP contribution in [0.1, 0.15) is 16.8 Å². The number of nitrogens with zero attached hydrogens (tertiary/aromatic N) is 1. The third-order valence-electron chi connectivity index (χ3n) is 1.99. The van der Waals surface area contributed by atoms with E-state index in [2.05, 4.69) is 26.2 Å². The SMILES string of the molecule is O=C(NCCCOCCBr)c1ccncc1F. The Hall–Kier alpha value is -1.01. The fourth-order valence-corrected chi connectivity index (χ4v) is 1.42. The van der Waals surface area contributed by atoms with Crippen LogP contribution in [0.2, 0.25) is 0 Å². The minimum absolute atomic E-state index is 0.0152. The number of amides is 1. The monoisotopic (exact) mass is 304 g/mol. The number of rotatable bonds is 7. The number of carbonyl (C=O) groups is 1. The van der Waals surface area contributed by atoms with Crippen molar-refractivity contribution in [3.05, 3.63) is 29.8 Å². The van der Waals surface area contributed by atoms with Crippen LogP contribution in [0, 0.1) is 5.82 Å². The number of alkyl halides is 1. The van der Waals surface area contributed by atoms with Gasteiger partial charge in [0.25, 0.3) is 5.91 Å². The van der Waals surface area contributed by atoms with Crippen molar-refractivity contribution in [1.82, 2.24) is 10.3 Å². The Labute approximate surface area is 108 Å². The van der Waals surface area contributed by atoms with E-state index < -0.39 is 11.7 Å². The van der Waals surface area contributed by atoms with Gasteiger partial charge in [0.1, 0.15) is 0 Å². The van der Waals surface area contributed by atoms with Gasteiger partial charge in [0.05, 0.1) is 18.4 Å². The summed E-state index contributed by atoms with van der Waals surface area (Å²) in [7, 11) is 0. The molecule has 0 aliphatic carbocycles. The minimum atomic E-state index is -0.611. The lowest BCUT2D eigenvalue weighted by Crippen LogP contribution is -2.26. The molecule has 0 aliphatic rings. The second kappa shape index (κ2) is 8.14. The maximum Gasteiger partial charge on any atom is 0.254 e. The molecule has 0 atom stereocenters. The first kappa shape index (κ1) is 14.1. The summed E-state index contributed by atoms with van der Waals surface area (Å²) in [6.45, 7) is 1.68. The van der Waals surface area contributed by atoms with Gasteiger partial charge in [0.2, 0.25) is 0 Å². The van der Waals surface area contributed by atoms with Gasteiger partial charge in [0.15, 0.2) is 5.82 Å². The summed E-state index contributed by atoms with van der Waals surface area (Å²) in [5, 5.41) is 3.41. The van der Waals surface area contributed by atoms with Gasteiger partial charge in [0, 0.05) is 24.7 Å². The highest BCUT2D eigenvalue weighted by molar-refractivity contribution is 9.09. The van der Waals surface area contributed by atoms with E-state index in [4.69, 9.17) is 4.74 Å². The van der Waals surface area contributed by atoms with Gasteiger partial charge in [-0.25, -0.2) is 4.39 Å². The van der Waals surface area contributed by atoms with E-state index in [1.807, 2.05) is 0 Å². The summed E-state index contributed by atoms with van der Waals surface area (Å²) >= 11 is 3.24. The van der Waals surface area contributed by atoms with Crippen molar-refractivity contribution >= 4 is 21.8 Å². The predicted octanol–water partition coefficient (Wildman–Crippen LogP) is 1.75. The van der Waals surface area contributed by atoms with E-state index in [9.17, 15) is 9.18 Å². The molecule has 1 rings (SSSR count). The number of carbonyl (C=O) groups excluding carboxylic acids is 1. The average Bonchev–Trinajstić information content (AvgIpc) is 2.34. The summed E-state index contributed by atoms with van der Waals surface area (Å²) in [5.41, 5.74) is 0.0152. The summed E-state index contributed by atoms with van der Waals surface area (Å²) in [6.07, 6.45) is 3.11. The normalized spacial score (nSPS) is 10.2. The topological polar surface area (TPSA) is 51.2 Å². The molecule has 0 saturated carbocycles. The number of halogens is 2. The van der Waals surface area contributed by atoms with Crippen LogP contribution in [0.15, 0.2) is 18.5 Å². The fraction of sp³-hybridized carbons (Fsp3) is 0.455. The van der Waals surface area contributed by atoms with Crippen molar-refractivity contribution < 1.29 is 13.9 Å². The highest BCUT2D eigenvalue weighted by Crippen LogP contribution is 2.03. The summed E-state index contributed by atoms with van der Waals surface area (Å²) < 4.78 is 18.4. The second-order valence-electron chi connectivity index (χ2n) is 3.27. The Morgan fingerprint density at radius 3 is 3.06 bits per heavy atom. The van der Waals surface area contributed by atoms with Gasteiger partial charge in [-0.2, -0.15) is 0 Å². The van der Waals surface area contributed by atoms with Gasteiger partial charge < -0.3 is 10.1 Å². The maximum absolute atomic E-state index is 13.2. The summed E-state index contributed by atoms with van der Waals surface area (Å²) in [6, 6.07) is 1.35. The Morgan fingerprint density at radius 2 is 2.35 bits per heavy atom. The van der Waals surface area contributed by atoms with Crippen molar-refractivity contribution in [3.63, 3.8) is 0 Å². The second-order valence-corrected chi connectivity index (χ2v) is 4.06. The van der Waals surface area contributed by atoms with Crippen LogP contribution in [0.4, 0.5) is 4.39 Å². The lowest BCUT2D eigenvalue weighted by Gasteiger charge is -2.05. The third kappa shape index (κ3) is 5.23. The number of aromatic nitrogens is 1. The molecular formula is C11H14BrFN2O2. The molecule has 0 spiro atoms.